The van der Waals surface area contributed by atoms with Crippen LogP contribution in [0.3, 0.4) is 0 Å². The molecule has 0 aliphatic rings. The smallest absolute Gasteiger partial charge is 0.426 e. The molecule has 0 fully saturated rings. The summed E-state index contributed by atoms with van der Waals surface area (Å²) in [6.07, 6.45) is -0.729. The minimum atomic E-state index is -0.729. The average Bonchev–Trinajstić information content (AvgIpc) is 2.56. The quantitative estimate of drug-likeness (QED) is 0.594. The summed E-state index contributed by atoms with van der Waals surface area (Å²) in [7, 11) is 1.28. The molecule has 1 rings (SSSR count). The van der Waals surface area contributed by atoms with Gasteiger partial charge >= 0.3 is 18.1 Å². The van der Waals surface area contributed by atoms with Crippen LogP contribution in [0, 0.1) is 0 Å². The molecule has 1 aromatic rings. The molecule has 1 atom stereocenters. The van der Waals surface area contributed by atoms with Gasteiger partial charge in [-0.1, -0.05) is 17.7 Å². The third kappa shape index (κ3) is 6.97. The fourth-order valence-corrected chi connectivity index (χ4v) is 2.49. The first-order chi connectivity index (χ1) is 12.5. The number of rotatable bonds is 4. The van der Waals surface area contributed by atoms with Gasteiger partial charge < -0.3 is 14.8 Å². The highest BCUT2D eigenvalue weighted by molar-refractivity contribution is 6.31. The van der Waals surface area contributed by atoms with Crippen LogP contribution in [-0.4, -0.2) is 42.4 Å². The van der Waals surface area contributed by atoms with Crippen LogP contribution in [0.2, 0.25) is 5.02 Å². The minimum absolute atomic E-state index is 0.229. The molecule has 0 aromatic heterocycles. The number of nitrogens with one attached hydrogen (secondary N) is 2. The predicted octanol–water partition coefficient (Wildman–Crippen LogP) is 3.66. The van der Waals surface area contributed by atoms with Crippen molar-refractivity contribution in [3.05, 3.63) is 34.3 Å². The number of carbonyl (C=O) groups excluding carboxylic acids is 3. The molecule has 0 saturated heterocycles. The Morgan fingerprint density at radius 2 is 1.89 bits per heavy atom. The third-order valence-corrected chi connectivity index (χ3v) is 3.74. The van der Waals surface area contributed by atoms with E-state index in [1.807, 2.05) is 0 Å². The Morgan fingerprint density at radius 3 is 2.37 bits per heavy atom. The zero-order chi connectivity index (χ0) is 20.8. The van der Waals surface area contributed by atoms with E-state index in [-0.39, 0.29) is 6.54 Å². The largest absolute Gasteiger partial charge is 0.465 e. The second-order valence-electron chi connectivity index (χ2n) is 6.76. The van der Waals surface area contributed by atoms with Crippen LogP contribution in [0.25, 0.3) is 0 Å². The first-order valence-electron chi connectivity index (χ1n) is 8.44. The molecule has 9 heteroatoms. The number of methoxy groups -OCH3 is 1. The van der Waals surface area contributed by atoms with Crippen LogP contribution in [0.1, 0.15) is 56.6 Å². The van der Waals surface area contributed by atoms with Crippen molar-refractivity contribution in [2.45, 2.75) is 46.3 Å². The topological polar surface area (TPSA) is 97.0 Å². The van der Waals surface area contributed by atoms with Gasteiger partial charge in [0.25, 0.3) is 0 Å². The first kappa shape index (κ1) is 22.6. The van der Waals surface area contributed by atoms with Crippen molar-refractivity contribution in [2.24, 2.45) is 0 Å². The molecule has 0 bridgehead atoms. The van der Waals surface area contributed by atoms with Crippen LogP contribution in [0.5, 0.6) is 0 Å². The number of hydrazine groups is 1. The molecular formula is C18H26ClN3O5. The van der Waals surface area contributed by atoms with E-state index >= 15 is 0 Å². The number of amides is 3. The highest BCUT2D eigenvalue weighted by Gasteiger charge is 2.22. The highest BCUT2D eigenvalue weighted by Crippen LogP contribution is 2.24. The van der Waals surface area contributed by atoms with Gasteiger partial charge in [-0.3, -0.25) is 0 Å². The Hall–Kier alpha value is -2.48. The number of hydrogen-bond donors (Lipinski definition) is 2. The number of hydrogen-bond acceptors (Lipinski definition) is 5. The Balaban J connectivity index is 2.79. The number of ether oxygens (including phenoxy) is 2. The molecule has 0 saturated carbocycles. The highest BCUT2D eigenvalue weighted by atomic mass is 35.5. The van der Waals surface area contributed by atoms with Crippen molar-refractivity contribution in [1.29, 1.82) is 0 Å². The lowest BCUT2D eigenvalue weighted by atomic mass is 10.1. The molecule has 0 spiro atoms. The van der Waals surface area contributed by atoms with Crippen molar-refractivity contribution >= 4 is 29.7 Å². The predicted molar refractivity (Wildman–Crippen MR) is 101 cm³/mol. The van der Waals surface area contributed by atoms with Gasteiger partial charge in [0, 0.05) is 11.6 Å². The minimum Gasteiger partial charge on any atom is -0.465 e. The summed E-state index contributed by atoms with van der Waals surface area (Å²) in [4.78, 5) is 35.8. The summed E-state index contributed by atoms with van der Waals surface area (Å²) in [5.41, 5.74) is 2.64. The van der Waals surface area contributed by atoms with Gasteiger partial charge in [-0.25, -0.2) is 24.8 Å². The number of carbonyl (C=O) groups is 3. The van der Waals surface area contributed by atoms with E-state index in [0.29, 0.717) is 16.1 Å². The molecule has 0 unspecified atom stereocenters. The van der Waals surface area contributed by atoms with Gasteiger partial charge in [-0.05, 0) is 52.3 Å². The number of benzene rings is 1. The number of esters is 1. The maximum Gasteiger partial charge on any atom is 0.426 e. The monoisotopic (exact) mass is 399 g/mol. The summed E-state index contributed by atoms with van der Waals surface area (Å²) in [6.45, 7) is 8.85. The maximum atomic E-state index is 12.4. The number of urea groups is 1. The molecular weight excluding hydrogens is 374 g/mol. The molecule has 8 nitrogen and oxygen atoms in total. The molecule has 2 N–H and O–H groups in total. The van der Waals surface area contributed by atoms with E-state index in [9.17, 15) is 14.4 Å². The van der Waals surface area contributed by atoms with Crippen LogP contribution in [0.15, 0.2) is 18.2 Å². The van der Waals surface area contributed by atoms with E-state index in [1.54, 1.807) is 46.8 Å². The molecule has 3 amide bonds. The van der Waals surface area contributed by atoms with E-state index in [4.69, 9.17) is 16.3 Å². The molecule has 0 radical (unpaired) electrons. The van der Waals surface area contributed by atoms with E-state index < -0.39 is 29.7 Å². The second-order valence-corrected chi connectivity index (χ2v) is 7.16. The number of nitrogens with zero attached hydrogens (tertiary/aromatic N) is 1. The summed E-state index contributed by atoms with van der Waals surface area (Å²) < 4.78 is 9.79. The van der Waals surface area contributed by atoms with Crippen LogP contribution in [-0.2, 0) is 9.47 Å². The fourth-order valence-electron chi connectivity index (χ4n) is 2.15. The van der Waals surface area contributed by atoms with E-state index in [0.717, 1.165) is 5.01 Å². The molecule has 27 heavy (non-hydrogen) atoms. The molecule has 150 valence electrons. The summed E-state index contributed by atoms with van der Waals surface area (Å²) in [5, 5.41) is 4.15. The standard InChI is InChI=1S/C18H26ClN3O5/c1-7-22(21-17(25)27-18(3,4)5)16(24)20-11(2)13-9-8-12(10-14(13)19)15(23)26-6/h8-11H,7H2,1-6H3,(H,20,24)(H,21,25)/t11-/m1/s1. The summed E-state index contributed by atoms with van der Waals surface area (Å²) in [5.74, 6) is -0.501. The molecule has 0 aliphatic heterocycles. The van der Waals surface area contributed by atoms with Gasteiger partial charge in [0.15, 0.2) is 0 Å². The first-order valence-corrected chi connectivity index (χ1v) is 8.81. The van der Waals surface area contributed by atoms with Crippen molar-refractivity contribution < 1.29 is 23.9 Å². The van der Waals surface area contributed by atoms with Crippen molar-refractivity contribution in [3.8, 4) is 0 Å². The zero-order valence-corrected chi connectivity index (χ0v) is 17.1. The van der Waals surface area contributed by atoms with Gasteiger partial charge in [-0.15, -0.1) is 0 Å². The normalized spacial score (nSPS) is 12.0. The fraction of sp³-hybridized carbons (Fsp3) is 0.500. The second kappa shape index (κ2) is 9.45. The van der Waals surface area contributed by atoms with Crippen molar-refractivity contribution in [1.82, 2.24) is 15.8 Å². The van der Waals surface area contributed by atoms with E-state index in [1.165, 1.54) is 13.2 Å². The van der Waals surface area contributed by atoms with Crippen molar-refractivity contribution in [3.63, 3.8) is 0 Å². The summed E-state index contributed by atoms with van der Waals surface area (Å²) in [6, 6.07) is 3.68. The van der Waals surface area contributed by atoms with Gasteiger partial charge in [0.1, 0.15) is 5.60 Å². The summed E-state index contributed by atoms with van der Waals surface area (Å²) >= 11 is 6.22. The van der Waals surface area contributed by atoms with E-state index in [2.05, 4.69) is 15.5 Å². The van der Waals surface area contributed by atoms with Crippen LogP contribution in [0.4, 0.5) is 9.59 Å². The molecule has 0 heterocycles. The Morgan fingerprint density at radius 1 is 1.26 bits per heavy atom. The molecule has 0 aliphatic carbocycles. The number of halogens is 1. The Labute approximate surface area is 164 Å². The van der Waals surface area contributed by atoms with Gasteiger partial charge in [-0.2, -0.15) is 0 Å². The van der Waals surface area contributed by atoms with Crippen LogP contribution >= 0.6 is 11.6 Å². The maximum absolute atomic E-state index is 12.4. The SMILES string of the molecule is CCN(NC(=O)OC(C)(C)C)C(=O)N[C@H](C)c1ccc(C(=O)OC)cc1Cl. The lowest BCUT2D eigenvalue weighted by Gasteiger charge is -2.27. The Bertz CT molecular complexity index is 703. The van der Waals surface area contributed by atoms with Crippen LogP contribution < -0.4 is 10.7 Å². The van der Waals surface area contributed by atoms with Gasteiger partial charge in [0.2, 0.25) is 0 Å². The zero-order valence-electron chi connectivity index (χ0n) is 16.4. The lowest BCUT2D eigenvalue weighted by Crippen LogP contribution is -2.52. The average molecular weight is 400 g/mol. The molecule has 1 aromatic carbocycles. The lowest BCUT2D eigenvalue weighted by molar-refractivity contribution is 0.0381. The van der Waals surface area contributed by atoms with Crippen molar-refractivity contribution in [2.75, 3.05) is 13.7 Å². The third-order valence-electron chi connectivity index (χ3n) is 3.41. The van der Waals surface area contributed by atoms with Gasteiger partial charge in [0.05, 0.1) is 18.7 Å². The Kier molecular flexibility index (Phi) is 7.90.